The molecular weight excluding hydrogens is 357 g/mol. The molecule has 27 heavy (non-hydrogen) atoms. The van der Waals surface area contributed by atoms with Crippen molar-refractivity contribution in [2.75, 3.05) is 18.9 Å². The monoisotopic (exact) mass is 376 g/mol. The van der Waals surface area contributed by atoms with Gasteiger partial charge in [-0.25, -0.2) is 0 Å². The van der Waals surface area contributed by atoms with Crippen LogP contribution >= 0.6 is 0 Å². The van der Waals surface area contributed by atoms with Crippen LogP contribution < -0.4 is 5.32 Å². The first kappa shape index (κ1) is 18.9. The van der Waals surface area contributed by atoms with Crippen molar-refractivity contribution in [3.8, 4) is 0 Å². The number of rotatable bonds is 4. The summed E-state index contributed by atoms with van der Waals surface area (Å²) in [6.45, 7) is -0.345. The van der Waals surface area contributed by atoms with E-state index < -0.39 is 17.6 Å². The quantitative estimate of drug-likeness (QED) is 0.880. The fraction of sp³-hybridized carbons (Fsp3) is 0.300. The minimum absolute atomic E-state index is 0.326. The van der Waals surface area contributed by atoms with E-state index in [-0.39, 0.29) is 18.1 Å². The first-order chi connectivity index (χ1) is 12.8. The number of anilines is 1. The molecule has 0 atom stereocenters. The molecule has 0 bridgehead atoms. The van der Waals surface area contributed by atoms with Crippen molar-refractivity contribution in [3.63, 3.8) is 0 Å². The van der Waals surface area contributed by atoms with Crippen LogP contribution in [0.25, 0.3) is 0 Å². The molecule has 3 rings (SSSR count). The zero-order valence-electron chi connectivity index (χ0n) is 14.8. The lowest BCUT2D eigenvalue weighted by molar-refractivity contribution is -0.137. The van der Waals surface area contributed by atoms with E-state index in [2.05, 4.69) is 5.32 Å². The van der Waals surface area contributed by atoms with Gasteiger partial charge in [0.2, 0.25) is 5.91 Å². The normalized spacial score (nSPS) is 13.2. The summed E-state index contributed by atoms with van der Waals surface area (Å²) in [5.41, 5.74) is 1.59. The minimum Gasteiger partial charge on any atom is -0.332 e. The van der Waals surface area contributed by atoms with Gasteiger partial charge in [0.15, 0.2) is 0 Å². The van der Waals surface area contributed by atoms with Crippen LogP contribution in [0.2, 0.25) is 0 Å². The Hall–Kier alpha value is -2.83. The molecule has 0 saturated heterocycles. The largest absolute Gasteiger partial charge is 0.418 e. The standard InChI is InChI=1S/C20H19F3N2O2/c1-25(19(27)15-10-9-13-5-4-6-14(13)11-15)12-18(26)24-17-8-3-2-7-16(17)20(21,22)23/h2-3,7-11H,4-6,12H2,1H3,(H,24,26). The van der Waals surface area contributed by atoms with Crippen molar-refractivity contribution in [1.29, 1.82) is 0 Å². The maximum absolute atomic E-state index is 13.0. The van der Waals surface area contributed by atoms with Crippen LogP contribution in [-0.4, -0.2) is 30.3 Å². The molecule has 0 fully saturated rings. The maximum Gasteiger partial charge on any atom is 0.418 e. The third-order valence-corrected chi connectivity index (χ3v) is 4.58. The summed E-state index contributed by atoms with van der Waals surface area (Å²) in [6, 6.07) is 10.2. The van der Waals surface area contributed by atoms with Gasteiger partial charge >= 0.3 is 6.18 Å². The molecule has 1 N–H and O–H groups in total. The minimum atomic E-state index is -4.57. The van der Waals surface area contributed by atoms with Crippen LogP contribution in [0.1, 0.15) is 33.5 Å². The highest BCUT2D eigenvalue weighted by atomic mass is 19.4. The van der Waals surface area contributed by atoms with E-state index in [0.717, 1.165) is 30.9 Å². The highest BCUT2D eigenvalue weighted by molar-refractivity contribution is 5.99. The maximum atomic E-state index is 13.0. The Balaban J connectivity index is 1.67. The van der Waals surface area contributed by atoms with Gasteiger partial charge in [0.1, 0.15) is 0 Å². The summed E-state index contributed by atoms with van der Waals surface area (Å²) in [4.78, 5) is 25.9. The van der Waals surface area contributed by atoms with Gasteiger partial charge in [-0.2, -0.15) is 13.2 Å². The number of fused-ring (bicyclic) bond motifs is 1. The highest BCUT2D eigenvalue weighted by Crippen LogP contribution is 2.34. The van der Waals surface area contributed by atoms with Crippen molar-refractivity contribution in [2.45, 2.75) is 25.4 Å². The highest BCUT2D eigenvalue weighted by Gasteiger charge is 2.33. The lowest BCUT2D eigenvalue weighted by Gasteiger charge is -2.19. The van der Waals surface area contributed by atoms with Crippen LogP contribution in [0.15, 0.2) is 42.5 Å². The summed E-state index contributed by atoms with van der Waals surface area (Å²) >= 11 is 0. The second-order valence-corrected chi connectivity index (χ2v) is 6.59. The van der Waals surface area contributed by atoms with Crippen LogP contribution in [0.3, 0.4) is 0 Å². The van der Waals surface area contributed by atoms with Gasteiger partial charge in [-0.1, -0.05) is 18.2 Å². The molecule has 2 amide bonds. The Bertz CT molecular complexity index is 878. The van der Waals surface area contributed by atoms with E-state index in [1.165, 1.54) is 35.7 Å². The lowest BCUT2D eigenvalue weighted by Crippen LogP contribution is -2.35. The first-order valence-corrected chi connectivity index (χ1v) is 8.59. The van der Waals surface area contributed by atoms with Gasteiger partial charge in [0.25, 0.3) is 5.91 Å². The summed E-state index contributed by atoms with van der Waals surface area (Å²) in [7, 11) is 1.45. The second-order valence-electron chi connectivity index (χ2n) is 6.59. The number of hydrogen-bond acceptors (Lipinski definition) is 2. The predicted molar refractivity (Wildman–Crippen MR) is 95.5 cm³/mol. The number of carbonyl (C=O) groups is 2. The molecule has 1 aliphatic carbocycles. The molecule has 0 heterocycles. The summed E-state index contributed by atoms with van der Waals surface area (Å²) in [5, 5.41) is 2.24. The van der Waals surface area contributed by atoms with E-state index in [0.29, 0.717) is 5.56 Å². The summed E-state index contributed by atoms with van der Waals surface area (Å²) in [6.07, 6.45) is -1.59. The second kappa shape index (κ2) is 7.42. The number of aryl methyl sites for hydroxylation is 2. The molecule has 4 nitrogen and oxygen atoms in total. The zero-order valence-corrected chi connectivity index (χ0v) is 14.8. The Morgan fingerprint density at radius 2 is 1.78 bits per heavy atom. The molecular formula is C20H19F3N2O2. The molecule has 142 valence electrons. The smallest absolute Gasteiger partial charge is 0.332 e. The number of carbonyl (C=O) groups excluding carboxylic acids is 2. The van der Waals surface area contributed by atoms with Crippen molar-refractivity contribution < 1.29 is 22.8 Å². The molecule has 0 saturated carbocycles. The number of halogens is 3. The van der Waals surface area contributed by atoms with E-state index in [1.54, 1.807) is 6.07 Å². The molecule has 0 unspecified atom stereocenters. The fourth-order valence-corrected chi connectivity index (χ4v) is 3.24. The van der Waals surface area contributed by atoms with Gasteiger partial charge in [-0.3, -0.25) is 9.59 Å². The van der Waals surface area contributed by atoms with E-state index in [9.17, 15) is 22.8 Å². The number of amides is 2. The number of alkyl halides is 3. The number of likely N-dealkylation sites (N-methyl/N-ethyl adjacent to an activating group) is 1. The summed E-state index contributed by atoms with van der Waals surface area (Å²) in [5.74, 6) is -1.03. The van der Waals surface area contributed by atoms with Crippen LogP contribution in [0.5, 0.6) is 0 Å². The molecule has 0 aromatic heterocycles. The van der Waals surface area contributed by atoms with E-state index in [4.69, 9.17) is 0 Å². The zero-order chi connectivity index (χ0) is 19.6. The third-order valence-electron chi connectivity index (χ3n) is 4.58. The Labute approximate surface area is 155 Å². The van der Waals surface area contributed by atoms with E-state index >= 15 is 0 Å². The number of nitrogens with one attached hydrogen (secondary N) is 1. The number of benzene rings is 2. The van der Waals surface area contributed by atoms with Crippen molar-refractivity contribution >= 4 is 17.5 Å². The molecule has 2 aromatic rings. The van der Waals surface area contributed by atoms with Crippen LogP contribution in [0.4, 0.5) is 18.9 Å². The first-order valence-electron chi connectivity index (χ1n) is 8.59. The molecule has 7 heteroatoms. The Morgan fingerprint density at radius 3 is 2.52 bits per heavy atom. The Morgan fingerprint density at radius 1 is 1.07 bits per heavy atom. The summed E-state index contributed by atoms with van der Waals surface area (Å²) < 4.78 is 39.0. The number of para-hydroxylation sites is 1. The van der Waals surface area contributed by atoms with Crippen LogP contribution in [0, 0.1) is 0 Å². The molecule has 1 aliphatic rings. The van der Waals surface area contributed by atoms with Gasteiger partial charge in [0.05, 0.1) is 17.8 Å². The van der Waals surface area contributed by atoms with Crippen molar-refractivity contribution in [2.24, 2.45) is 0 Å². The molecule has 0 aliphatic heterocycles. The van der Waals surface area contributed by atoms with Crippen LogP contribution in [-0.2, 0) is 23.8 Å². The van der Waals surface area contributed by atoms with Gasteiger partial charge in [-0.05, 0) is 54.7 Å². The third kappa shape index (κ3) is 4.30. The molecule has 2 aromatic carbocycles. The van der Waals surface area contributed by atoms with Gasteiger partial charge < -0.3 is 10.2 Å². The molecule has 0 radical (unpaired) electrons. The van der Waals surface area contributed by atoms with Crippen molar-refractivity contribution in [1.82, 2.24) is 4.90 Å². The topological polar surface area (TPSA) is 49.4 Å². The van der Waals surface area contributed by atoms with Crippen molar-refractivity contribution in [3.05, 3.63) is 64.7 Å². The number of nitrogens with zero attached hydrogens (tertiary/aromatic N) is 1. The lowest BCUT2D eigenvalue weighted by atomic mass is 10.1. The fourth-order valence-electron chi connectivity index (χ4n) is 3.24. The predicted octanol–water partition coefficient (Wildman–Crippen LogP) is 3.90. The average molecular weight is 376 g/mol. The number of hydrogen-bond donors (Lipinski definition) is 1. The van der Waals surface area contributed by atoms with Gasteiger partial charge in [0, 0.05) is 12.6 Å². The van der Waals surface area contributed by atoms with E-state index in [1.807, 2.05) is 12.1 Å². The molecule has 0 spiro atoms. The SMILES string of the molecule is CN(CC(=O)Nc1ccccc1C(F)(F)F)C(=O)c1ccc2c(c1)CCC2. The van der Waals surface area contributed by atoms with Gasteiger partial charge in [-0.15, -0.1) is 0 Å². The average Bonchev–Trinajstić information content (AvgIpc) is 3.08. The Kier molecular flexibility index (Phi) is 5.21.